The largest absolute Gasteiger partial charge is 0.497 e. The minimum atomic E-state index is -4.30. The van der Waals surface area contributed by atoms with Crippen molar-refractivity contribution in [3.8, 4) is 22.8 Å². The van der Waals surface area contributed by atoms with Crippen LogP contribution in [0.15, 0.2) is 102 Å². The first-order chi connectivity index (χ1) is 20.2. The molecule has 2 N–H and O–H groups in total. The molecule has 0 bridgehead atoms. The molecule has 0 radical (unpaired) electrons. The smallest absolute Gasteiger partial charge is 0.368 e. The summed E-state index contributed by atoms with van der Waals surface area (Å²) in [6.45, 7) is 1.89. The van der Waals surface area contributed by atoms with E-state index < -0.39 is 21.4 Å². The van der Waals surface area contributed by atoms with Gasteiger partial charge in [-0.1, -0.05) is 35.4 Å². The van der Waals surface area contributed by atoms with Gasteiger partial charge in [-0.15, -0.1) is 0 Å². The van der Waals surface area contributed by atoms with Crippen molar-refractivity contribution in [3.63, 3.8) is 0 Å². The van der Waals surface area contributed by atoms with Gasteiger partial charge in [-0.3, -0.25) is 14.1 Å². The fraction of sp³-hybridized carbons (Fsp3) is 0.100. The second-order valence-corrected chi connectivity index (χ2v) is 11.3. The van der Waals surface area contributed by atoms with Crippen LogP contribution in [0.1, 0.15) is 5.56 Å². The Morgan fingerprint density at radius 2 is 1.55 bits per heavy atom. The van der Waals surface area contributed by atoms with E-state index in [1.54, 1.807) is 73.8 Å². The summed E-state index contributed by atoms with van der Waals surface area (Å²) in [4.78, 5) is 35.8. The molecule has 1 saturated heterocycles. The number of nitrogens with zero attached hydrogens (tertiary/aromatic N) is 3. The average Bonchev–Trinajstić information content (AvgIpc) is 3.40. The monoisotopic (exact) mass is 583 g/mol. The van der Waals surface area contributed by atoms with Crippen molar-refractivity contribution in [2.24, 2.45) is 0 Å². The third kappa shape index (κ3) is 4.93. The van der Waals surface area contributed by atoms with Crippen molar-refractivity contribution in [1.29, 1.82) is 0 Å². The van der Waals surface area contributed by atoms with E-state index in [1.807, 2.05) is 25.1 Å². The lowest BCUT2D eigenvalue weighted by atomic mass is 10.1. The van der Waals surface area contributed by atoms with Gasteiger partial charge in [-0.2, -0.15) is 0 Å². The van der Waals surface area contributed by atoms with Crippen LogP contribution in [0.3, 0.4) is 0 Å². The zero-order valence-corrected chi connectivity index (χ0v) is 23.3. The Labute approximate surface area is 240 Å². The van der Waals surface area contributed by atoms with Crippen LogP contribution in [0.4, 0.5) is 11.4 Å². The van der Waals surface area contributed by atoms with Crippen LogP contribution in [0, 0.1) is 6.92 Å². The summed E-state index contributed by atoms with van der Waals surface area (Å²) < 4.78 is 35.9. The van der Waals surface area contributed by atoms with E-state index in [-0.39, 0.29) is 11.2 Å². The van der Waals surface area contributed by atoms with Gasteiger partial charge in [0.1, 0.15) is 11.6 Å². The predicted molar refractivity (Wildman–Crippen MR) is 159 cm³/mol. The van der Waals surface area contributed by atoms with Crippen LogP contribution < -0.4 is 25.6 Å². The zero-order valence-electron chi connectivity index (χ0n) is 22.5. The van der Waals surface area contributed by atoms with Gasteiger partial charge in [0.15, 0.2) is 0 Å². The molecule has 11 nitrogen and oxygen atoms in total. The number of ether oxygens (including phenoxy) is 1. The molecule has 0 aliphatic carbocycles. The van der Waals surface area contributed by atoms with E-state index in [4.69, 9.17) is 14.6 Å². The molecule has 4 aromatic carbocycles. The van der Waals surface area contributed by atoms with Gasteiger partial charge in [0.2, 0.25) is 0 Å². The number of nitrogens with one attached hydrogen (secondary N) is 2. The molecule has 1 aromatic heterocycles. The first-order valence-corrected chi connectivity index (χ1v) is 14.4. The minimum Gasteiger partial charge on any atom is -0.497 e. The number of hydrogen-bond acceptors (Lipinski definition) is 9. The molecule has 212 valence electrons. The van der Waals surface area contributed by atoms with Crippen molar-refractivity contribution >= 4 is 38.3 Å². The quantitative estimate of drug-likeness (QED) is 0.293. The van der Waals surface area contributed by atoms with Crippen LogP contribution in [-0.4, -0.2) is 36.4 Å². The minimum absolute atomic E-state index is 0.190. The second kappa shape index (κ2) is 10.7. The zero-order chi connectivity index (χ0) is 29.4. The fourth-order valence-electron chi connectivity index (χ4n) is 4.66. The molecule has 1 aliphatic heterocycles. The van der Waals surface area contributed by atoms with E-state index >= 15 is 0 Å². The lowest BCUT2D eigenvalue weighted by Crippen LogP contribution is -2.46. The molecule has 1 aliphatic rings. The van der Waals surface area contributed by atoms with Crippen LogP contribution in [0.2, 0.25) is 0 Å². The third-order valence-electron chi connectivity index (χ3n) is 6.80. The normalized spacial score (nSPS) is 15.0. The number of methoxy groups -OCH3 is 1. The maximum Gasteiger partial charge on any atom is 0.368 e. The van der Waals surface area contributed by atoms with Crippen LogP contribution >= 0.6 is 0 Å². The van der Waals surface area contributed by atoms with Gasteiger partial charge >= 0.3 is 5.97 Å². The number of carbonyl (C=O) groups excluding carboxylic acids is 1. The fourth-order valence-corrected chi connectivity index (χ4v) is 5.98. The van der Waals surface area contributed by atoms with Crippen molar-refractivity contribution in [2.45, 2.75) is 12.3 Å². The maximum absolute atomic E-state index is 13.7. The summed E-state index contributed by atoms with van der Waals surface area (Å²) in [6.07, 6.45) is 0. The predicted octanol–water partition coefficient (Wildman–Crippen LogP) is 3.92. The Hall–Kier alpha value is -5.20. The number of anilines is 2. The molecule has 6 rings (SSSR count). The van der Waals surface area contributed by atoms with E-state index in [0.29, 0.717) is 39.4 Å². The van der Waals surface area contributed by atoms with Gasteiger partial charge in [0, 0.05) is 11.3 Å². The summed E-state index contributed by atoms with van der Waals surface area (Å²) in [6, 6.07) is 27.4. The maximum atomic E-state index is 13.7. The molecular formula is C30H25N5O6S. The number of benzene rings is 4. The van der Waals surface area contributed by atoms with Gasteiger partial charge < -0.3 is 9.57 Å². The lowest BCUT2D eigenvalue weighted by molar-refractivity contribution is -0.142. The highest BCUT2D eigenvalue weighted by Gasteiger charge is 2.46. The Bertz CT molecular complexity index is 1960. The highest BCUT2D eigenvalue weighted by atomic mass is 32.2. The number of hydrogen-bond donors (Lipinski definition) is 2. The van der Waals surface area contributed by atoms with Crippen molar-refractivity contribution in [2.75, 3.05) is 16.8 Å². The Kier molecular flexibility index (Phi) is 6.85. The number of sulfonamides is 1. The molecule has 42 heavy (non-hydrogen) atoms. The van der Waals surface area contributed by atoms with Gasteiger partial charge in [-0.25, -0.2) is 23.2 Å². The highest BCUT2D eigenvalue weighted by Crippen LogP contribution is 2.27. The second-order valence-electron chi connectivity index (χ2n) is 9.59. The summed E-state index contributed by atoms with van der Waals surface area (Å²) in [5.74, 6) is 0.0909. The van der Waals surface area contributed by atoms with Gasteiger partial charge in [-0.05, 0) is 79.7 Å². The van der Waals surface area contributed by atoms with Crippen LogP contribution in [-0.2, 0) is 19.7 Å². The number of carbonyl (C=O) groups is 1. The molecule has 12 heteroatoms. The van der Waals surface area contributed by atoms with E-state index in [1.165, 1.54) is 16.7 Å². The third-order valence-corrected chi connectivity index (χ3v) is 8.31. The molecule has 0 amide bonds. The van der Waals surface area contributed by atoms with E-state index in [2.05, 4.69) is 10.3 Å². The molecular weight excluding hydrogens is 558 g/mol. The number of aryl methyl sites for hydroxylation is 1. The lowest BCUT2D eigenvalue weighted by Gasteiger charge is -2.22. The summed E-state index contributed by atoms with van der Waals surface area (Å²) in [5, 5.41) is -0.100. The Morgan fingerprint density at radius 3 is 2.24 bits per heavy atom. The summed E-state index contributed by atoms with van der Waals surface area (Å²) >= 11 is 0. The molecule has 5 aromatic rings. The first kappa shape index (κ1) is 27.0. The Balaban J connectivity index is 1.35. The van der Waals surface area contributed by atoms with Gasteiger partial charge in [0.05, 0.1) is 29.4 Å². The topological polar surface area (TPSA) is 132 Å². The molecule has 2 heterocycles. The van der Waals surface area contributed by atoms with Gasteiger partial charge in [0.25, 0.3) is 21.0 Å². The number of aromatic nitrogens is 2. The van der Waals surface area contributed by atoms with Crippen LogP contribution in [0.5, 0.6) is 5.75 Å². The molecule has 0 saturated carbocycles. The van der Waals surface area contributed by atoms with Crippen molar-refractivity contribution < 1.29 is 22.8 Å². The number of hydrazine groups is 1. The number of rotatable bonds is 7. The average molecular weight is 584 g/mol. The van der Waals surface area contributed by atoms with E-state index in [0.717, 1.165) is 10.6 Å². The molecule has 0 spiro atoms. The van der Waals surface area contributed by atoms with E-state index in [9.17, 15) is 18.0 Å². The Morgan fingerprint density at radius 1 is 0.881 bits per heavy atom. The first-order valence-electron chi connectivity index (χ1n) is 12.9. The standard InChI is InChI=1S/C30H25N5O6S/c1-19-7-13-23(14-8-19)35-29(30(37)41-33-35)42(38,39)32-21-11-15-22(16-12-21)34-27(20-9-17-24(40-2)18-10-20)31-26-6-4-3-5-25(26)28(34)36/h3-18,29,32-33H,1-2H3. The summed E-state index contributed by atoms with van der Waals surface area (Å²) in [5.41, 5.74) is 5.39. The molecule has 1 unspecified atom stereocenters. The van der Waals surface area contributed by atoms with Crippen molar-refractivity contribution in [1.82, 2.24) is 15.1 Å². The van der Waals surface area contributed by atoms with Crippen molar-refractivity contribution in [3.05, 3.63) is 113 Å². The highest BCUT2D eigenvalue weighted by molar-refractivity contribution is 7.94. The SMILES string of the molecule is COc1ccc(-c2nc3ccccc3c(=O)n2-c2ccc(NS(=O)(=O)C3C(=O)ONN3c3ccc(C)cc3)cc2)cc1. The summed E-state index contributed by atoms with van der Waals surface area (Å²) in [7, 11) is -2.73. The number of para-hydroxylation sites is 1. The van der Waals surface area contributed by atoms with Crippen LogP contribution in [0.25, 0.3) is 28.0 Å². The number of fused-ring (bicyclic) bond motifs is 1. The molecule has 1 atom stereocenters. The molecule has 1 fully saturated rings.